The third-order valence-corrected chi connectivity index (χ3v) is 4.29. The Morgan fingerprint density at radius 1 is 1.27 bits per heavy atom. The van der Waals surface area contributed by atoms with Crippen molar-refractivity contribution in [3.05, 3.63) is 40.6 Å². The number of nitrogens with zero attached hydrogens (tertiary/aromatic N) is 3. The summed E-state index contributed by atoms with van der Waals surface area (Å²) in [5.41, 5.74) is 0.655. The molecule has 1 aliphatic rings. The summed E-state index contributed by atoms with van der Waals surface area (Å²) in [5, 5.41) is 9.94. The molecule has 0 radical (unpaired) electrons. The molecule has 0 unspecified atom stereocenters. The van der Waals surface area contributed by atoms with Crippen LogP contribution in [0.25, 0.3) is 0 Å². The first-order valence-electron chi connectivity index (χ1n) is 9.11. The number of urea groups is 1. The molecule has 0 bridgehead atoms. The molecule has 2 N–H and O–H groups in total. The molecule has 1 aliphatic heterocycles. The lowest BCUT2D eigenvalue weighted by atomic mass is 10.2. The molecule has 2 aromatic rings. The summed E-state index contributed by atoms with van der Waals surface area (Å²) < 4.78 is 8.63. The molecule has 8 nitrogen and oxygen atoms in total. The van der Waals surface area contributed by atoms with E-state index in [4.69, 9.17) is 4.74 Å². The summed E-state index contributed by atoms with van der Waals surface area (Å²) in [6.45, 7) is 4.26. The number of anilines is 1. The molecule has 1 aromatic heterocycles. The van der Waals surface area contributed by atoms with Crippen LogP contribution in [0.15, 0.2) is 29.1 Å². The van der Waals surface area contributed by atoms with E-state index in [1.54, 1.807) is 16.7 Å². The molecule has 0 aliphatic carbocycles. The van der Waals surface area contributed by atoms with Crippen LogP contribution < -0.4 is 21.1 Å². The number of carbonyl (C=O) groups excluding carboxylic acids is 1. The molecular weight excluding hydrogens is 334 g/mol. The van der Waals surface area contributed by atoms with Crippen molar-refractivity contribution in [2.75, 3.05) is 18.5 Å². The third-order valence-electron chi connectivity index (χ3n) is 4.29. The Balaban J connectivity index is 1.41. The van der Waals surface area contributed by atoms with Gasteiger partial charge in [-0.2, -0.15) is 5.10 Å². The Kier molecular flexibility index (Phi) is 5.93. The van der Waals surface area contributed by atoms with Crippen molar-refractivity contribution in [2.45, 2.75) is 45.7 Å². The van der Waals surface area contributed by atoms with Crippen LogP contribution in [0.2, 0.25) is 0 Å². The zero-order valence-electron chi connectivity index (χ0n) is 15.0. The smallest absolute Gasteiger partial charge is 0.345 e. The third kappa shape index (κ3) is 4.44. The number of hydrogen-bond acceptors (Lipinski definition) is 4. The van der Waals surface area contributed by atoms with E-state index in [0.29, 0.717) is 31.8 Å². The lowest BCUT2D eigenvalue weighted by Crippen LogP contribution is -2.31. The van der Waals surface area contributed by atoms with Crippen LogP contribution in [-0.2, 0) is 19.5 Å². The monoisotopic (exact) mass is 359 g/mol. The Morgan fingerprint density at radius 3 is 2.81 bits per heavy atom. The van der Waals surface area contributed by atoms with Gasteiger partial charge in [0.1, 0.15) is 11.6 Å². The second kappa shape index (κ2) is 8.55. The maximum atomic E-state index is 12.2. The molecule has 2 heterocycles. The molecule has 8 heteroatoms. The van der Waals surface area contributed by atoms with Gasteiger partial charge in [0, 0.05) is 31.7 Å². The van der Waals surface area contributed by atoms with Gasteiger partial charge >= 0.3 is 11.7 Å². The normalized spacial score (nSPS) is 13.1. The molecule has 140 valence electrons. The average Bonchev–Trinajstić information content (AvgIpc) is 2.97. The van der Waals surface area contributed by atoms with E-state index < -0.39 is 0 Å². The molecule has 0 atom stereocenters. The highest BCUT2D eigenvalue weighted by Gasteiger charge is 2.16. The number of amides is 2. The first-order chi connectivity index (χ1) is 12.7. The van der Waals surface area contributed by atoms with Crippen LogP contribution in [-0.4, -0.2) is 33.5 Å². The number of carbonyl (C=O) groups is 1. The molecule has 0 saturated carbocycles. The van der Waals surface area contributed by atoms with E-state index >= 15 is 0 Å². The highest BCUT2D eigenvalue weighted by Crippen LogP contribution is 2.15. The van der Waals surface area contributed by atoms with E-state index in [1.165, 1.54) is 4.68 Å². The predicted molar refractivity (Wildman–Crippen MR) is 98.7 cm³/mol. The van der Waals surface area contributed by atoms with Crippen molar-refractivity contribution in [1.82, 2.24) is 19.7 Å². The van der Waals surface area contributed by atoms with Gasteiger partial charge in [-0.3, -0.25) is 4.57 Å². The lowest BCUT2D eigenvalue weighted by molar-refractivity contribution is 0.251. The highest BCUT2D eigenvalue weighted by atomic mass is 16.5. The second-order valence-electron chi connectivity index (χ2n) is 6.22. The van der Waals surface area contributed by atoms with E-state index in [-0.39, 0.29) is 11.7 Å². The minimum atomic E-state index is -0.273. The molecule has 3 rings (SSSR count). The standard InChI is InChI=1S/C18H25N5O3/c1-2-26-15-9-7-14(8-10-15)20-17(24)19-11-5-13-23-18(25)22-12-4-3-6-16(22)21-23/h7-10H,2-6,11-13H2,1H3,(H2,19,20,24). The van der Waals surface area contributed by atoms with E-state index in [9.17, 15) is 9.59 Å². The van der Waals surface area contributed by atoms with Gasteiger partial charge < -0.3 is 15.4 Å². The van der Waals surface area contributed by atoms with Gasteiger partial charge in [-0.05, 0) is 50.5 Å². The van der Waals surface area contributed by atoms with Gasteiger partial charge in [0.15, 0.2) is 0 Å². The summed E-state index contributed by atoms with van der Waals surface area (Å²) in [4.78, 5) is 24.1. The topological polar surface area (TPSA) is 90.2 Å². The van der Waals surface area contributed by atoms with Gasteiger partial charge in [0.2, 0.25) is 0 Å². The second-order valence-corrected chi connectivity index (χ2v) is 6.22. The Hall–Kier alpha value is -2.77. The van der Waals surface area contributed by atoms with Crippen molar-refractivity contribution < 1.29 is 9.53 Å². The fraction of sp³-hybridized carbons (Fsp3) is 0.500. The quantitative estimate of drug-likeness (QED) is 0.740. The number of aromatic nitrogens is 3. The number of benzene rings is 1. The van der Waals surface area contributed by atoms with Crippen LogP contribution in [0.3, 0.4) is 0 Å². The molecular formula is C18H25N5O3. The van der Waals surface area contributed by atoms with Gasteiger partial charge in [-0.25, -0.2) is 14.3 Å². The number of ether oxygens (including phenoxy) is 1. The maximum Gasteiger partial charge on any atom is 0.345 e. The molecule has 26 heavy (non-hydrogen) atoms. The summed E-state index contributed by atoms with van der Waals surface area (Å²) in [5.74, 6) is 1.65. The van der Waals surface area contributed by atoms with Crippen molar-refractivity contribution in [2.24, 2.45) is 0 Å². The van der Waals surface area contributed by atoms with E-state index in [1.807, 2.05) is 19.1 Å². The number of hydrogen-bond donors (Lipinski definition) is 2. The highest BCUT2D eigenvalue weighted by molar-refractivity contribution is 5.89. The van der Waals surface area contributed by atoms with E-state index in [2.05, 4.69) is 15.7 Å². The molecule has 0 fully saturated rings. The predicted octanol–water partition coefficient (Wildman–Crippen LogP) is 1.99. The van der Waals surface area contributed by atoms with Crippen LogP contribution in [0.1, 0.15) is 32.0 Å². The minimum Gasteiger partial charge on any atom is -0.494 e. The number of rotatable bonds is 7. The molecule has 2 amide bonds. The fourth-order valence-electron chi connectivity index (χ4n) is 3.00. The van der Waals surface area contributed by atoms with Gasteiger partial charge in [0.05, 0.1) is 6.61 Å². The summed E-state index contributed by atoms with van der Waals surface area (Å²) in [6.07, 6.45) is 3.63. The van der Waals surface area contributed by atoms with Crippen molar-refractivity contribution in [3.63, 3.8) is 0 Å². The largest absolute Gasteiger partial charge is 0.494 e. The molecule has 1 aromatic carbocycles. The maximum absolute atomic E-state index is 12.2. The Bertz CT molecular complexity index is 794. The zero-order valence-corrected chi connectivity index (χ0v) is 15.0. The first-order valence-corrected chi connectivity index (χ1v) is 9.11. The number of fused-ring (bicyclic) bond motifs is 1. The lowest BCUT2D eigenvalue weighted by Gasteiger charge is -2.09. The summed E-state index contributed by atoms with van der Waals surface area (Å²) in [6, 6.07) is 6.93. The summed E-state index contributed by atoms with van der Waals surface area (Å²) >= 11 is 0. The fourth-order valence-corrected chi connectivity index (χ4v) is 3.00. The Morgan fingerprint density at radius 2 is 2.08 bits per heavy atom. The van der Waals surface area contributed by atoms with Crippen LogP contribution >= 0.6 is 0 Å². The number of nitrogens with one attached hydrogen (secondary N) is 2. The van der Waals surface area contributed by atoms with Crippen LogP contribution in [0, 0.1) is 0 Å². The van der Waals surface area contributed by atoms with Crippen molar-refractivity contribution in [3.8, 4) is 5.75 Å². The van der Waals surface area contributed by atoms with Gasteiger partial charge in [-0.1, -0.05) is 0 Å². The zero-order chi connectivity index (χ0) is 18.4. The average molecular weight is 359 g/mol. The van der Waals surface area contributed by atoms with Crippen LogP contribution in [0.5, 0.6) is 5.75 Å². The van der Waals surface area contributed by atoms with Crippen molar-refractivity contribution in [1.29, 1.82) is 0 Å². The molecule has 0 saturated heterocycles. The molecule has 0 spiro atoms. The van der Waals surface area contributed by atoms with E-state index in [0.717, 1.165) is 37.4 Å². The van der Waals surface area contributed by atoms with Gasteiger partial charge in [-0.15, -0.1) is 0 Å². The number of aryl methyl sites for hydroxylation is 2. The van der Waals surface area contributed by atoms with Gasteiger partial charge in [0.25, 0.3) is 0 Å². The van der Waals surface area contributed by atoms with Crippen molar-refractivity contribution >= 4 is 11.7 Å². The Labute approximate surface area is 152 Å². The SMILES string of the molecule is CCOc1ccc(NC(=O)NCCCn2nc3n(c2=O)CCCC3)cc1. The minimum absolute atomic E-state index is 0.0430. The summed E-state index contributed by atoms with van der Waals surface area (Å²) in [7, 11) is 0. The first kappa shape index (κ1) is 18.0. The van der Waals surface area contributed by atoms with Crippen LogP contribution in [0.4, 0.5) is 10.5 Å².